The molecule has 0 spiro atoms. The number of pyridine rings is 1. The van der Waals surface area contributed by atoms with Crippen LogP contribution < -0.4 is 10.2 Å². The molecule has 4 rings (SSSR count). The number of anilines is 2. The second-order valence-electron chi connectivity index (χ2n) is 7.18. The van der Waals surface area contributed by atoms with Gasteiger partial charge in [-0.2, -0.15) is 5.10 Å². The highest BCUT2D eigenvalue weighted by molar-refractivity contribution is 6.47. The van der Waals surface area contributed by atoms with Crippen molar-refractivity contribution >= 4 is 23.2 Å². The van der Waals surface area contributed by atoms with Gasteiger partial charge in [0, 0.05) is 13.1 Å². The average Bonchev–Trinajstić information content (AvgIpc) is 3.37. The van der Waals surface area contributed by atoms with Crippen LogP contribution in [0.2, 0.25) is 0 Å². The van der Waals surface area contributed by atoms with Crippen molar-refractivity contribution in [3.05, 3.63) is 65.6 Å². The highest BCUT2D eigenvalue weighted by atomic mass is 16.2. The molecule has 2 aromatic heterocycles. The Morgan fingerprint density at radius 2 is 1.72 bits per heavy atom. The summed E-state index contributed by atoms with van der Waals surface area (Å²) in [5, 5.41) is 7.10. The van der Waals surface area contributed by atoms with Gasteiger partial charge in [-0.05, 0) is 51.0 Å². The van der Waals surface area contributed by atoms with Gasteiger partial charge in [-0.3, -0.25) is 9.59 Å². The maximum absolute atomic E-state index is 12.8. The summed E-state index contributed by atoms with van der Waals surface area (Å²) >= 11 is 0. The van der Waals surface area contributed by atoms with Gasteiger partial charge in [0.1, 0.15) is 5.82 Å². The van der Waals surface area contributed by atoms with E-state index in [1.165, 1.54) is 12.8 Å². The summed E-state index contributed by atoms with van der Waals surface area (Å²) in [5.74, 6) is -0.409. The molecule has 148 valence electrons. The molecule has 1 aliphatic rings. The van der Waals surface area contributed by atoms with Gasteiger partial charge in [0.05, 0.1) is 34.5 Å². The number of Topliss-reactive ketones (excluding diaryl/α,β-unsaturated/α-hetero) is 1. The third-order valence-electron chi connectivity index (χ3n) is 5.16. The molecule has 0 bridgehead atoms. The Balaban J connectivity index is 1.51. The number of carbonyl (C=O) groups is 2. The normalized spacial score (nSPS) is 13.5. The highest BCUT2D eigenvalue weighted by Gasteiger charge is 2.25. The van der Waals surface area contributed by atoms with Crippen molar-refractivity contribution in [2.75, 3.05) is 23.3 Å². The van der Waals surface area contributed by atoms with Crippen molar-refractivity contribution in [2.24, 2.45) is 0 Å². The van der Waals surface area contributed by atoms with Crippen LogP contribution in [0.4, 0.5) is 11.5 Å². The van der Waals surface area contributed by atoms with Crippen LogP contribution in [0.5, 0.6) is 0 Å². The summed E-state index contributed by atoms with van der Waals surface area (Å²) in [6, 6.07) is 13.2. The standard InChI is InChI=1S/C22H23N5O2/c1-15-20(16(2)27(25-15)18-8-4-3-5-9-18)21(28)22(29)24-17-10-11-19(23-14-17)26-12-6-7-13-26/h3-5,8-11,14H,6-7,12-13H2,1-2H3,(H,24,29). The molecule has 1 N–H and O–H groups in total. The molecule has 1 amide bonds. The average molecular weight is 389 g/mol. The third-order valence-corrected chi connectivity index (χ3v) is 5.16. The van der Waals surface area contributed by atoms with Crippen LogP contribution in [0.1, 0.15) is 34.6 Å². The predicted octanol–water partition coefficient (Wildman–Crippen LogP) is 3.31. The summed E-state index contributed by atoms with van der Waals surface area (Å²) in [5.41, 5.74) is 2.82. The number of aromatic nitrogens is 3. The summed E-state index contributed by atoms with van der Waals surface area (Å²) < 4.78 is 1.68. The van der Waals surface area contributed by atoms with Crippen molar-refractivity contribution in [3.63, 3.8) is 0 Å². The minimum Gasteiger partial charge on any atom is -0.357 e. The minimum absolute atomic E-state index is 0.327. The molecule has 1 saturated heterocycles. The number of nitrogens with one attached hydrogen (secondary N) is 1. The van der Waals surface area contributed by atoms with Gasteiger partial charge in [-0.1, -0.05) is 18.2 Å². The van der Waals surface area contributed by atoms with Crippen LogP contribution >= 0.6 is 0 Å². The van der Waals surface area contributed by atoms with Gasteiger partial charge in [0.25, 0.3) is 11.7 Å². The summed E-state index contributed by atoms with van der Waals surface area (Å²) in [7, 11) is 0. The lowest BCUT2D eigenvalue weighted by atomic mass is 10.1. The maximum Gasteiger partial charge on any atom is 0.296 e. The molecule has 0 saturated carbocycles. The topological polar surface area (TPSA) is 80.1 Å². The van der Waals surface area contributed by atoms with E-state index in [1.54, 1.807) is 30.8 Å². The second kappa shape index (κ2) is 7.87. The first-order valence-electron chi connectivity index (χ1n) is 9.73. The summed E-state index contributed by atoms with van der Waals surface area (Å²) in [6.45, 7) is 5.53. The van der Waals surface area contributed by atoms with Gasteiger partial charge in [-0.25, -0.2) is 9.67 Å². The molecule has 0 unspecified atom stereocenters. The van der Waals surface area contributed by atoms with E-state index in [2.05, 4.69) is 20.3 Å². The number of hydrogen-bond donors (Lipinski definition) is 1. The molecule has 1 aliphatic heterocycles. The number of rotatable bonds is 5. The van der Waals surface area contributed by atoms with Crippen molar-refractivity contribution in [2.45, 2.75) is 26.7 Å². The summed E-state index contributed by atoms with van der Waals surface area (Å²) in [6.07, 6.45) is 3.93. The van der Waals surface area contributed by atoms with Gasteiger partial charge in [-0.15, -0.1) is 0 Å². The van der Waals surface area contributed by atoms with Crippen molar-refractivity contribution in [1.82, 2.24) is 14.8 Å². The summed E-state index contributed by atoms with van der Waals surface area (Å²) in [4.78, 5) is 32.0. The van der Waals surface area contributed by atoms with E-state index in [0.717, 1.165) is 24.6 Å². The molecular formula is C22H23N5O2. The number of benzene rings is 1. The molecule has 0 atom stereocenters. The number of hydrogen-bond acceptors (Lipinski definition) is 5. The SMILES string of the molecule is Cc1nn(-c2ccccc2)c(C)c1C(=O)C(=O)Nc1ccc(N2CCCC2)nc1. The van der Waals surface area contributed by atoms with Crippen molar-refractivity contribution < 1.29 is 9.59 Å². The lowest BCUT2D eigenvalue weighted by Gasteiger charge is -2.16. The Kier molecular flexibility index (Phi) is 5.12. The molecular weight excluding hydrogens is 366 g/mol. The smallest absolute Gasteiger partial charge is 0.296 e. The largest absolute Gasteiger partial charge is 0.357 e. The molecule has 1 aromatic carbocycles. The lowest BCUT2D eigenvalue weighted by Crippen LogP contribution is -2.24. The van der Waals surface area contributed by atoms with E-state index in [4.69, 9.17) is 0 Å². The van der Waals surface area contributed by atoms with E-state index in [-0.39, 0.29) is 0 Å². The van der Waals surface area contributed by atoms with Gasteiger partial charge >= 0.3 is 0 Å². The van der Waals surface area contributed by atoms with Crippen molar-refractivity contribution in [1.29, 1.82) is 0 Å². The number of nitrogens with zero attached hydrogens (tertiary/aromatic N) is 4. The predicted molar refractivity (Wildman–Crippen MR) is 112 cm³/mol. The first-order valence-corrected chi connectivity index (χ1v) is 9.73. The molecule has 3 aromatic rings. The van der Waals surface area contributed by atoms with Gasteiger partial charge in [0.15, 0.2) is 0 Å². The van der Waals surface area contributed by atoms with E-state index in [0.29, 0.717) is 22.6 Å². The fourth-order valence-corrected chi connectivity index (χ4v) is 3.69. The van der Waals surface area contributed by atoms with E-state index in [9.17, 15) is 9.59 Å². The zero-order chi connectivity index (χ0) is 20.4. The van der Waals surface area contributed by atoms with Crippen LogP contribution in [-0.4, -0.2) is 39.5 Å². The van der Waals surface area contributed by atoms with Crippen LogP contribution in [-0.2, 0) is 4.79 Å². The quantitative estimate of drug-likeness (QED) is 0.535. The first-order chi connectivity index (χ1) is 14.0. The fourth-order valence-electron chi connectivity index (χ4n) is 3.69. The molecule has 1 fully saturated rings. The van der Waals surface area contributed by atoms with E-state index < -0.39 is 11.7 Å². The van der Waals surface area contributed by atoms with E-state index in [1.807, 2.05) is 36.4 Å². The highest BCUT2D eigenvalue weighted by Crippen LogP contribution is 2.21. The third kappa shape index (κ3) is 3.76. The second-order valence-corrected chi connectivity index (χ2v) is 7.18. The number of aryl methyl sites for hydroxylation is 1. The molecule has 0 aliphatic carbocycles. The number of amides is 1. The Hall–Kier alpha value is -3.48. The molecule has 3 heterocycles. The molecule has 0 radical (unpaired) electrons. The van der Waals surface area contributed by atoms with Crippen LogP contribution in [0, 0.1) is 13.8 Å². The number of para-hydroxylation sites is 1. The zero-order valence-electron chi connectivity index (χ0n) is 16.6. The van der Waals surface area contributed by atoms with Gasteiger partial charge in [0.2, 0.25) is 0 Å². The van der Waals surface area contributed by atoms with E-state index >= 15 is 0 Å². The molecule has 7 nitrogen and oxygen atoms in total. The fraction of sp³-hybridized carbons (Fsp3) is 0.273. The van der Waals surface area contributed by atoms with Crippen LogP contribution in [0.3, 0.4) is 0 Å². The molecule has 29 heavy (non-hydrogen) atoms. The first kappa shape index (κ1) is 18.9. The zero-order valence-corrected chi connectivity index (χ0v) is 16.6. The minimum atomic E-state index is -0.695. The molecule has 7 heteroatoms. The Labute approximate surface area is 169 Å². The van der Waals surface area contributed by atoms with Crippen LogP contribution in [0.15, 0.2) is 48.7 Å². The van der Waals surface area contributed by atoms with Crippen LogP contribution in [0.25, 0.3) is 5.69 Å². The number of carbonyl (C=O) groups excluding carboxylic acids is 2. The monoisotopic (exact) mass is 389 g/mol. The van der Waals surface area contributed by atoms with Crippen molar-refractivity contribution in [3.8, 4) is 5.69 Å². The Morgan fingerprint density at radius 3 is 2.38 bits per heavy atom. The Morgan fingerprint density at radius 1 is 1.00 bits per heavy atom. The van der Waals surface area contributed by atoms with Gasteiger partial charge < -0.3 is 10.2 Å². The lowest BCUT2D eigenvalue weighted by molar-refractivity contribution is -0.112. The Bertz CT molecular complexity index is 1040. The number of ketones is 1. The maximum atomic E-state index is 12.8.